The van der Waals surface area contributed by atoms with Crippen molar-refractivity contribution >= 4 is 34.6 Å². The highest BCUT2D eigenvalue weighted by Gasteiger charge is 2.32. The summed E-state index contributed by atoms with van der Waals surface area (Å²) in [6.45, 7) is 0. The normalized spacial score (nSPS) is 10.1. The summed E-state index contributed by atoms with van der Waals surface area (Å²) in [5.74, 6) is -1.98. The van der Waals surface area contributed by atoms with Gasteiger partial charge in [-0.15, -0.1) is 0 Å². The molecule has 9 nitrogen and oxygen atoms in total. The van der Waals surface area contributed by atoms with Crippen LogP contribution in [0.1, 0.15) is 10.4 Å². The van der Waals surface area contributed by atoms with Gasteiger partial charge in [0.25, 0.3) is 5.91 Å². The molecule has 0 fully saturated rings. The average Bonchev–Trinajstić information content (AvgIpc) is 2.48. The zero-order valence-corrected chi connectivity index (χ0v) is 12.0. The van der Waals surface area contributed by atoms with E-state index < -0.39 is 38.4 Å². The first kappa shape index (κ1) is 16.2. The van der Waals surface area contributed by atoms with Crippen molar-refractivity contribution in [1.29, 1.82) is 0 Å². The molecule has 0 atom stereocenters. The van der Waals surface area contributed by atoms with E-state index in [4.69, 9.17) is 11.6 Å². The van der Waals surface area contributed by atoms with Gasteiger partial charge in [0.2, 0.25) is 5.75 Å². The van der Waals surface area contributed by atoms with Gasteiger partial charge < -0.3 is 10.4 Å². The number of carbonyl (C=O) groups excluding carboxylic acids is 1. The highest BCUT2D eigenvalue weighted by atomic mass is 35.5. The minimum Gasteiger partial charge on any atom is -0.501 e. The van der Waals surface area contributed by atoms with Crippen LogP contribution < -0.4 is 5.32 Å². The van der Waals surface area contributed by atoms with Crippen molar-refractivity contribution in [2.24, 2.45) is 0 Å². The second-order valence-electron chi connectivity index (χ2n) is 4.28. The molecule has 2 rings (SSSR count). The smallest absolute Gasteiger partial charge is 0.387 e. The van der Waals surface area contributed by atoms with Crippen molar-refractivity contribution in [1.82, 2.24) is 0 Å². The second kappa shape index (κ2) is 6.28. The Bertz CT molecular complexity index is 823. The number of rotatable bonds is 4. The van der Waals surface area contributed by atoms with E-state index in [-0.39, 0.29) is 10.7 Å². The van der Waals surface area contributed by atoms with E-state index in [0.717, 1.165) is 12.1 Å². The maximum absolute atomic E-state index is 12.1. The Balaban J connectivity index is 2.46. The molecule has 0 unspecified atom stereocenters. The van der Waals surface area contributed by atoms with Crippen molar-refractivity contribution in [2.45, 2.75) is 0 Å². The van der Waals surface area contributed by atoms with Crippen molar-refractivity contribution in [2.75, 3.05) is 5.32 Å². The molecule has 0 aromatic heterocycles. The van der Waals surface area contributed by atoms with Crippen LogP contribution in [0.25, 0.3) is 0 Å². The first-order valence-corrected chi connectivity index (χ1v) is 6.41. The number of anilines is 1. The molecule has 10 heteroatoms. The van der Waals surface area contributed by atoms with Gasteiger partial charge in [-0.25, -0.2) is 0 Å². The Morgan fingerprint density at radius 1 is 1.09 bits per heavy atom. The first-order valence-electron chi connectivity index (χ1n) is 6.03. The molecule has 118 valence electrons. The topological polar surface area (TPSA) is 136 Å². The van der Waals surface area contributed by atoms with E-state index in [2.05, 4.69) is 5.32 Å². The number of phenols is 1. The van der Waals surface area contributed by atoms with Crippen molar-refractivity contribution < 1.29 is 19.7 Å². The SMILES string of the molecule is O=C(Nc1ccccc1Cl)c1ccc([N+](=O)[O-])c([N+](=O)[O-])c1O. The zero-order valence-electron chi connectivity index (χ0n) is 11.2. The minimum atomic E-state index is -1.15. The number of aromatic hydroxyl groups is 1. The molecule has 2 N–H and O–H groups in total. The predicted molar refractivity (Wildman–Crippen MR) is 80.8 cm³/mol. The fourth-order valence-corrected chi connectivity index (χ4v) is 2.01. The number of nitro benzene ring substituents is 2. The van der Waals surface area contributed by atoms with Gasteiger partial charge in [-0.1, -0.05) is 23.7 Å². The number of benzene rings is 2. The molecule has 0 aliphatic carbocycles. The van der Waals surface area contributed by atoms with Gasteiger partial charge in [0.1, 0.15) is 0 Å². The molecular formula is C13H8ClN3O6. The molecule has 2 aromatic rings. The largest absolute Gasteiger partial charge is 0.501 e. The number of nitro groups is 2. The molecule has 1 amide bonds. The Morgan fingerprint density at radius 3 is 2.30 bits per heavy atom. The number of halogens is 1. The third kappa shape index (κ3) is 3.19. The van der Waals surface area contributed by atoms with Crippen molar-refractivity contribution in [3.63, 3.8) is 0 Å². The summed E-state index contributed by atoms with van der Waals surface area (Å²) in [4.78, 5) is 31.7. The number of phenolic OH excluding ortho intramolecular Hbond substituents is 1. The monoisotopic (exact) mass is 337 g/mol. The quantitative estimate of drug-likeness (QED) is 0.649. The number of nitrogens with zero attached hydrogens (tertiary/aromatic N) is 2. The lowest BCUT2D eigenvalue weighted by atomic mass is 10.1. The van der Waals surface area contributed by atoms with Crippen LogP contribution in [-0.4, -0.2) is 20.9 Å². The van der Waals surface area contributed by atoms with Gasteiger partial charge in [-0.2, -0.15) is 0 Å². The fraction of sp³-hybridized carbons (Fsp3) is 0. The van der Waals surface area contributed by atoms with Gasteiger partial charge in [0.05, 0.1) is 26.1 Å². The summed E-state index contributed by atoms with van der Waals surface area (Å²) in [6.07, 6.45) is 0. The predicted octanol–water partition coefficient (Wildman–Crippen LogP) is 3.11. The lowest BCUT2D eigenvalue weighted by molar-refractivity contribution is -0.423. The Morgan fingerprint density at radius 2 is 1.74 bits per heavy atom. The van der Waals surface area contributed by atoms with Crippen LogP contribution in [0.2, 0.25) is 5.02 Å². The van der Waals surface area contributed by atoms with Crippen molar-refractivity contribution in [3.05, 3.63) is 67.2 Å². The number of hydrogen-bond acceptors (Lipinski definition) is 6. The molecule has 2 aromatic carbocycles. The van der Waals surface area contributed by atoms with Crippen LogP contribution in [0.4, 0.5) is 17.1 Å². The van der Waals surface area contributed by atoms with Gasteiger partial charge in [0, 0.05) is 6.07 Å². The van der Waals surface area contributed by atoms with E-state index >= 15 is 0 Å². The van der Waals surface area contributed by atoms with E-state index in [1.54, 1.807) is 12.1 Å². The van der Waals surface area contributed by atoms with Gasteiger partial charge >= 0.3 is 11.4 Å². The molecule has 0 saturated heterocycles. The second-order valence-corrected chi connectivity index (χ2v) is 4.68. The molecule has 0 bridgehead atoms. The van der Waals surface area contributed by atoms with Crippen LogP contribution in [0.15, 0.2) is 36.4 Å². The Labute approximate surface area is 133 Å². The standard InChI is InChI=1S/C13H8ClN3O6/c14-8-3-1-2-4-9(8)15-13(19)7-5-6-10(16(20)21)11(12(7)18)17(22)23/h1-6,18H,(H,15,19). The molecule has 0 saturated carbocycles. The van der Waals surface area contributed by atoms with E-state index in [9.17, 15) is 30.1 Å². The lowest BCUT2D eigenvalue weighted by Gasteiger charge is -2.08. The molecule has 0 radical (unpaired) electrons. The molecule has 0 heterocycles. The van der Waals surface area contributed by atoms with Gasteiger partial charge in [-0.05, 0) is 18.2 Å². The number of carbonyl (C=O) groups is 1. The summed E-state index contributed by atoms with van der Waals surface area (Å²) in [5, 5.41) is 34.1. The molecule has 0 aliphatic rings. The van der Waals surface area contributed by atoms with Crippen molar-refractivity contribution in [3.8, 4) is 5.75 Å². The highest BCUT2D eigenvalue weighted by molar-refractivity contribution is 6.34. The van der Waals surface area contributed by atoms with Crippen LogP contribution in [-0.2, 0) is 0 Å². The summed E-state index contributed by atoms with van der Waals surface area (Å²) < 4.78 is 0. The van der Waals surface area contributed by atoms with Crippen LogP contribution in [0.5, 0.6) is 5.75 Å². The maximum Gasteiger partial charge on any atom is 0.387 e. The fourth-order valence-electron chi connectivity index (χ4n) is 1.83. The van der Waals surface area contributed by atoms with Crippen LogP contribution in [0, 0.1) is 20.2 Å². The number of para-hydroxylation sites is 1. The number of hydrogen-bond donors (Lipinski definition) is 2. The number of nitrogens with one attached hydrogen (secondary N) is 1. The minimum absolute atomic E-state index is 0.219. The van der Waals surface area contributed by atoms with Gasteiger partial charge in [0.15, 0.2) is 0 Å². The Kier molecular flexibility index (Phi) is 4.42. The van der Waals surface area contributed by atoms with E-state index in [0.29, 0.717) is 0 Å². The number of amides is 1. The zero-order chi connectivity index (χ0) is 17.1. The van der Waals surface area contributed by atoms with Gasteiger partial charge in [-0.3, -0.25) is 25.0 Å². The lowest BCUT2D eigenvalue weighted by Crippen LogP contribution is -2.13. The molecular weight excluding hydrogens is 330 g/mol. The van der Waals surface area contributed by atoms with Crippen LogP contribution in [0.3, 0.4) is 0 Å². The summed E-state index contributed by atoms with van der Waals surface area (Å²) >= 11 is 5.87. The summed E-state index contributed by atoms with van der Waals surface area (Å²) in [5.41, 5.74) is -2.33. The molecule has 0 aliphatic heterocycles. The molecule has 0 spiro atoms. The third-order valence-electron chi connectivity index (χ3n) is 2.88. The summed E-state index contributed by atoms with van der Waals surface area (Å²) in [7, 11) is 0. The maximum atomic E-state index is 12.1. The van der Waals surface area contributed by atoms with Crippen LogP contribution >= 0.6 is 11.6 Å². The van der Waals surface area contributed by atoms with E-state index in [1.807, 2.05) is 0 Å². The first-order chi connectivity index (χ1) is 10.8. The average molecular weight is 338 g/mol. The van der Waals surface area contributed by atoms with E-state index in [1.165, 1.54) is 12.1 Å². The molecule has 23 heavy (non-hydrogen) atoms. The summed E-state index contributed by atoms with van der Waals surface area (Å²) in [6, 6.07) is 7.92. The highest BCUT2D eigenvalue weighted by Crippen LogP contribution is 2.38. The Hall–Kier alpha value is -3.20. The third-order valence-corrected chi connectivity index (χ3v) is 3.21.